The average Bonchev–Trinajstić information content (AvgIpc) is 2.68. The summed E-state index contributed by atoms with van der Waals surface area (Å²) in [6.07, 6.45) is 3.26. The summed E-state index contributed by atoms with van der Waals surface area (Å²) in [5, 5.41) is 0.593. The molecule has 1 heterocycles. The minimum absolute atomic E-state index is 0.00326. The zero-order valence-electron chi connectivity index (χ0n) is 15.7. The first-order valence-electron chi connectivity index (χ1n) is 9.25. The molecule has 0 radical (unpaired) electrons. The summed E-state index contributed by atoms with van der Waals surface area (Å²) in [6.45, 7) is 5.16. The maximum absolute atomic E-state index is 12.7. The third kappa shape index (κ3) is 4.69. The van der Waals surface area contributed by atoms with E-state index in [4.69, 9.17) is 16.3 Å². The lowest BCUT2D eigenvalue weighted by molar-refractivity contribution is -0.146. The van der Waals surface area contributed by atoms with Crippen LogP contribution in [-0.4, -0.2) is 35.3 Å². The van der Waals surface area contributed by atoms with Crippen LogP contribution in [-0.2, 0) is 4.79 Å². The van der Waals surface area contributed by atoms with Gasteiger partial charge in [-0.1, -0.05) is 11.6 Å². The molecule has 2 aromatic carbocycles. The van der Waals surface area contributed by atoms with Crippen LogP contribution in [0, 0.1) is 0 Å². The van der Waals surface area contributed by atoms with Crippen molar-refractivity contribution in [2.24, 2.45) is 0 Å². The molecule has 3 rings (SSSR count). The van der Waals surface area contributed by atoms with Crippen molar-refractivity contribution in [3.05, 3.63) is 64.7 Å². The smallest absolute Gasteiger partial charge is 0.266 e. The Morgan fingerprint density at radius 3 is 1.96 bits per heavy atom. The molecular formula is C22H24ClNO3. The van der Waals surface area contributed by atoms with Crippen molar-refractivity contribution in [2.45, 2.75) is 38.7 Å². The average molecular weight is 386 g/mol. The molecule has 1 aliphatic rings. The van der Waals surface area contributed by atoms with Crippen molar-refractivity contribution >= 4 is 23.3 Å². The number of carbonyl (C=O) groups is 2. The number of piperidine rings is 1. The highest BCUT2D eigenvalue weighted by atomic mass is 35.5. The molecule has 1 saturated heterocycles. The van der Waals surface area contributed by atoms with Gasteiger partial charge < -0.3 is 9.64 Å². The molecule has 2 aromatic rings. The minimum Gasteiger partial charge on any atom is -0.478 e. The number of hydrogen-bond donors (Lipinski definition) is 0. The molecule has 0 unspecified atom stereocenters. The van der Waals surface area contributed by atoms with Gasteiger partial charge in [0.05, 0.1) is 0 Å². The Morgan fingerprint density at radius 2 is 1.41 bits per heavy atom. The number of hydrogen-bond acceptors (Lipinski definition) is 3. The Morgan fingerprint density at radius 1 is 0.889 bits per heavy atom. The van der Waals surface area contributed by atoms with Crippen LogP contribution in [0.25, 0.3) is 0 Å². The normalized spacial score (nSPS) is 14.7. The molecule has 0 N–H and O–H groups in total. The van der Waals surface area contributed by atoms with Gasteiger partial charge in [-0.15, -0.1) is 0 Å². The molecule has 142 valence electrons. The summed E-state index contributed by atoms with van der Waals surface area (Å²) in [6, 6.07) is 13.7. The Labute approximate surface area is 165 Å². The van der Waals surface area contributed by atoms with E-state index in [9.17, 15) is 9.59 Å². The van der Waals surface area contributed by atoms with E-state index in [0.717, 1.165) is 25.9 Å². The highest BCUT2D eigenvalue weighted by Gasteiger charge is 2.34. The van der Waals surface area contributed by atoms with Gasteiger partial charge in [0.15, 0.2) is 11.4 Å². The molecule has 0 aromatic heterocycles. The number of amides is 1. The predicted octanol–water partition coefficient (Wildman–Crippen LogP) is 4.74. The molecule has 1 fully saturated rings. The Balaban J connectivity index is 1.68. The molecule has 1 aliphatic heterocycles. The number of halogens is 1. The van der Waals surface area contributed by atoms with E-state index < -0.39 is 5.60 Å². The quantitative estimate of drug-likeness (QED) is 0.698. The number of benzene rings is 2. The van der Waals surface area contributed by atoms with Crippen molar-refractivity contribution in [1.29, 1.82) is 0 Å². The van der Waals surface area contributed by atoms with Gasteiger partial charge in [0.25, 0.3) is 5.91 Å². The van der Waals surface area contributed by atoms with E-state index >= 15 is 0 Å². The van der Waals surface area contributed by atoms with Crippen LogP contribution in [0.15, 0.2) is 48.5 Å². The molecule has 0 saturated carbocycles. The Bertz CT molecular complexity index is 806. The van der Waals surface area contributed by atoms with E-state index in [-0.39, 0.29) is 11.7 Å². The van der Waals surface area contributed by atoms with Crippen LogP contribution in [0.3, 0.4) is 0 Å². The summed E-state index contributed by atoms with van der Waals surface area (Å²) < 4.78 is 5.95. The fourth-order valence-corrected chi connectivity index (χ4v) is 3.38. The zero-order valence-corrected chi connectivity index (χ0v) is 16.5. The van der Waals surface area contributed by atoms with Crippen LogP contribution in [0.4, 0.5) is 0 Å². The SMILES string of the molecule is CC(C)(Oc1ccc(C(=O)c2ccc(Cl)cc2)cc1)C(=O)N1CCCCC1. The lowest BCUT2D eigenvalue weighted by atomic mass is 10.0. The number of rotatable bonds is 5. The lowest BCUT2D eigenvalue weighted by Crippen LogP contribution is -2.50. The van der Waals surface area contributed by atoms with E-state index in [2.05, 4.69) is 0 Å². The Hall–Kier alpha value is -2.33. The number of likely N-dealkylation sites (tertiary alicyclic amines) is 1. The third-order valence-electron chi connectivity index (χ3n) is 4.75. The second-order valence-electron chi connectivity index (χ2n) is 7.33. The number of ketones is 1. The van der Waals surface area contributed by atoms with Crippen molar-refractivity contribution < 1.29 is 14.3 Å². The molecule has 0 atom stereocenters. The fraction of sp³-hybridized carbons (Fsp3) is 0.364. The number of carbonyl (C=O) groups excluding carboxylic acids is 2. The summed E-state index contributed by atoms with van der Waals surface area (Å²) in [7, 11) is 0. The first kappa shape index (κ1) is 19.4. The highest BCUT2D eigenvalue weighted by Crippen LogP contribution is 2.23. The van der Waals surface area contributed by atoms with E-state index in [1.807, 2.05) is 4.90 Å². The standard InChI is InChI=1S/C22H24ClNO3/c1-22(2,21(26)24-14-4-3-5-15-24)27-19-12-8-17(9-13-19)20(25)16-6-10-18(23)11-7-16/h6-13H,3-5,14-15H2,1-2H3. The van der Waals surface area contributed by atoms with Crippen molar-refractivity contribution in [1.82, 2.24) is 4.90 Å². The first-order chi connectivity index (χ1) is 12.9. The monoisotopic (exact) mass is 385 g/mol. The van der Waals surface area contributed by atoms with Gasteiger partial charge in [0.2, 0.25) is 0 Å². The van der Waals surface area contributed by atoms with Crippen molar-refractivity contribution in [2.75, 3.05) is 13.1 Å². The van der Waals surface area contributed by atoms with Crippen LogP contribution in [0.1, 0.15) is 49.0 Å². The van der Waals surface area contributed by atoms with Gasteiger partial charge in [-0.3, -0.25) is 9.59 Å². The van der Waals surface area contributed by atoms with Crippen LogP contribution >= 0.6 is 11.6 Å². The summed E-state index contributed by atoms with van der Waals surface area (Å²) in [5.41, 5.74) is 0.192. The molecule has 4 nitrogen and oxygen atoms in total. The van der Waals surface area contributed by atoms with Gasteiger partial charge >= 0.3 is 0 Å². The molecular weight excluding hydrogens is 362 g/mol. The van der Waals surface area contributed by atoms with Gasteiger partial charge in [-0.05, 0) is 81.6 Å². The number of nitrogens with zero attached hydrogens (tertiary/aromatic N) is 1. The first-order valence-corrected chi connectivity index (χ1v) is 9.63. The molecule has 0 bridgehead atoms. The summed E-state index contributed by atoms with van der Waals surface area (Å²) in [4.78, 5) is 27.1. The number of ether oxygens (including phenoxy) is 1. The lowest BCUT2D eigenvalue weighted by Gasteiger charge is -2.34. The van der Waals surface area contributed by atoms with Gasteiger partial charge in [-0.2, -0.15) is 0 Å². The summed E-state index contributed by atoms with van der Waals surface area (Å²) >= 11 is 5.87. The topological polar surface area (TPSA) is 46.6 Å². The molecule has 0 aliphatic carbocycles. The van der Waals surface area contributed by atoms with Crippen LogP contribution in [0.2, 0.25) is 5.02 Å². The van der Waals surface area contributed by atoms with E-state index in [1.165, 1.54) is 6.42 Å². The van der Waals surface area contributed by atoms with Gasteiger partial charge in [-0.25, -0.2) is 0 Å². The van der Waals surface area contributed by atoms with Crippen LogP contribution < -0.4 is 4.74 Å². The third-order valence-corrected chi connectivity index (χ3v) is 5.01. The van der Waals surface area contributed by atoms with E-state index in [0.29, 0.717) is 21.9 Å². The van der Waals surface area contributed by atoms with Gasteiger partial charge in [0, 0.05) is 29.2 Å². The second-order valence-corrected chi connectivity index (χ2v) is 7.76. The maximum Gasteiger partial charge on any atom is 0.266 e. The van der Waals surface area contributed by atoms with Crippen LogP contribution in [0.5, 0.6) is 5.75 Å². The molecule has 1 amide bonds. The van der Waals surface area contributed by atoms with Crippen molar-refractivity contribution in [3.8, 4) is 5.75 Å². The largest absolute Gasteiger partial charge is 0.478 e. The zero-order chi connectivity index (χ0) is 19.4. The fourth-order valence-electron chi connectivity index (χ4n) is 3.26. The Kier molecular flexibility index (Phi) is 5.85. The minimum atomic E-state index is -0.945. The van der Waals surface area contributed by atoms with E-state index in [1.54, 1.807) is 62.4 Å². The van der Waals surface area contributed by atoms with Gasteiger partial charge in [0.1, 0.15) is 5.75 Å². The summed E-state index contributed by atoms with van der Waals surface area (Å²) in [5.74, 6) is 0.489. The van der Waals surface area contributed by atoms with Crippen molar-refractivity contribution in [3.63, 3.8) is 0 Å². The predicted molar refractivity (Wildman–Crippen MR) is 106 cm³/mol. The molecule has 27 heavy (non-hydrogen) atoms. The second kappa shape index (κ2) is 8.13. The molecule has 5 heteroatoms. The maximum atomic E-state index is 12.7. The molecule has 0 spiro atoms. The highest BCUT2D eigenvalue weighted by molar-refractivity contribution is 6.30.